The molecule has 21 heavy (non-hydrogen) atoms. The van der Waals surface area contributed by atoms with Crippen LogP contribution < -0.4 is 10.5 Å². The van der Waals surface area contributed by atoms with Crippen LogP contribution >= 0.6 is 23.2 Å². The molecule has 7 heteroatoms. The van der Waals surface area contributed by atoms with Crippen LogP contribution in [0.5, 0.6) is 11.5 Å². The summed E-state index contributed by atoms with van der Waals surface area (Å²) in [5.74, 6) is 0.784. The van der Waals surface area contributed by atoms with Crippen LogP contribution in [0.2, 0.25) is 10.0 Å². The van der Waals surface area contributed by atoms with Crippen LogP contribution in [0.1, 0.15) is 18.5 Å². The first-order valence-corrected chi connectivity index (χ1v) is 6.81. The van der Waals surface area contributed by atoms with Gasteiger partial charge in [-0.05, 0) is 30.7 Å². The molecule has 2 aromatic carbocycles. The summed E-state index contributed by atoms with van der Waals surface area (Å²) in [7, 11) is 0. The molecule has 1 atom stereocenters. The summed E-state index contributed by atoms with van der Waals surface area (Å²) in [6, 6.07) is 9.19. The molecule has 0 bridgehead atoms. The Morgan fingerprint density at radius 2 is 1.90 bits per heavy atom. The molecule has 2 rings (SSSR count). The number of nitro benzene ring substituents is 1. The van der Waals surface area contributed by atoms with Crippen LogP contribution in [0.3, 0.4) is 0 Å². The SMILES string of the molecule is C[C@@H](N)c1ccc(Oc2ccc([N+](=O)[O-])c(Cl)c2)c(Cl)c1. The van der Waals surface area contributed by atoms with Gasteiger partial charge in [0.05, 0.1) is 9.95 Å². The molecule has 0 amide bonds. The molecule has 2 N–H and O–H groups in total. The van der Waals surface area contributed by atoms with Gasteiger partial charge in [0.2, 0.25) is 0 Å². The van der Waals surface area contributed by atoms with E-state index in [0.717, 1.165) is 5.56 Å². The van der Waals surface area contributed by atoms with E-state index in [1.54, 1.807) is 18.2 Å². The van der Waals surface area contributed by atoms with Gasteiger partial charge in [0.25, 0.3) is 5.69 Å². The van der Waals surface area contributed by atoms with Crippen molar-refractivity contribution in [3.63, 3.8) is 0 Å². The van der Waals surface area contributed by atoms with Crippen molar-refractivity contribution in [1.82, 2.24) is 0 Å². The molecular formula is C14H12Cl2N2O3. The Balaban J connectivity index is 2.26. The second kappa shape index (κ2) is 6.30. The van der Waals surface area contributed by atoms with Gasteiger partial charge in [-0.3, -0.25) is 10.1 Å². The number of nitro groups is 1. The molecule has 0 aromatic heterocycles. The number of benzene rings is 2. The van der Waals surface area contributed by atoms with E-state index in [9.17, 15) is 10.1 Å². The Kier molecular flexibility index (Phi) is 4.67. The van der Waals surface area contributed by atoms with E-state index in [4.69, 9.17) is 33.7 Å². The first-order chi connectivity index (χ1) is 9.88. The molecule has 0 radical (unpaired) electrons. The van der Waals surface area contributed by atoms with Gasteiger partial charge in [0, 0.05) is 18.2 Å². The van der Waals surface area contributed by atoms with Gasteiger partial charge in [0.1, 0.15) is 16.5 Å². The third-order valence-electron chi connectivity index (χ3n) is 2.83. The van der Waals surface area contributed by atoms with E-state index < -0.39 is 4.92 Å². The minimum atomic E-state index is -0.559. The summed E-state index contributed by atoms with van der Waals surface area (Å²) in [5.41, 5.74) is 6.47. The second-order valence-corrected chi connectivity index (χ2v) is 5.27. The highest BCUT2D eigenvalue weighted by Crippen LogP contribution is 2.34. The Bertz CT molecular complexity index is 690. The molecule has 0 saturated heterocycles. The van der Waals surface area contributed by atoms with Gasteiger partial charge >= 0.3 is 0 Å². The summed E-state index contributed by atoms with van der Waals surface area (Å²) in [6.07, 6.45) is 0. The normalized spacial score (nSPS) is 12.0. The van der Waals surface area contributed by atoms with Crippen molar-refractivity contribution >= 4 is 28.9 Å². The zero-order valence-electron chi connectivity index (χ0n) is 11.0. The zero-order chi connectivity index (χ0) is 15.6. The lowest BCUT2D eigenvalue weighted by Gasteiger charge is -2.11. The molecule has 0 spiro atoms. The molecule has 0 aliphatic carbocycles. The zero-order valence-corrected chi connectivity index (χ0v) is 12.6. The largest absolute Gasteiger partial charge is 0.456 e. The molecule has 2 aromatic rings. The highest BCUT2D eigenvalue weighted by Gasteiger charge is 2.14. The molecule has 5 nitrogen and oxygen atoms in total. The number of halogens is 2. The van der Waals surface area contributed by atoms with E-state index in [0.29, 0.717) is 16.5 Å². The van der Waals surface area contributed by atoms with Gasteiger partial charge in [0.15, 0.2) is 0 Å². The maximum atomic E-state index is 10.7. The van der Waals surface area contributed by atoms with E-state index >= 15 is 0 Å². The molecule has 0 unspecified atom stereocenters. The quantitative estimate of drug-likeness (QED) is 0.651. The summed E-state index contributed by atoms with van der Waals surface area (Å²) >= 11 is 11.9. The Hall–Kier alpha value is -1.82. The van der Waals surface area contributed by atoms with Crippen molar-refractivity contribution in [3.8, 4) is 11.5 Å². The predicted molar refractivity (Wildman–Crippen MR) is 82.2 cm³/mol. The molecule has 0 aliphatic heterocycles. The van der Waals surface area contributed by atoms with Gasteiger partial charge in [-0.1, -0.05) is 29.3 Å². The third kappa shape index (κ3) is 3.64. The molecule has 0 saturated carbocycles. The van der Waals surface area contributed by atoms with E-state index in [1.807, 2.05) is 6.92 Å². The lowest BCUT2D eigenvalue weighted by atomic mass is 10.1. The number of nitrogens with zero attached hydrogens (tertiary/aromatic N) is 1. The van der Waals surface area contributed by atoms with Gasteiger partial charge in [-0.2, -0.15) is 0 Å². The smallest absolute Gasteiger partial charge is 0.288 e. The van der Waals surface area contributed by atoms with Crippen LogP contribution in [0.15, 0.2) is 36.4 Å². The Labute approximate surface area is 131 Å². The van der Waals surface area contributed by atoms with Crippen molar-refractivity contribution < 1.29 is 9.66 Å². The molecule has 0 fully saturated rings. The third-order valence-corrected chi connectivity index (χ3v) is 3.42. The van der Waals surface area contributed by atoms with Crippen LogP contribution in [0.25, 0.3) is 0 Å². The lowest BCUT2D eigenvalue weighted by molar-refractivity contribution is -0.384. The highest BCUT2D eigenvalue weighted by atomic mass is 35.5. The number of nitrogens with two attached hydrogens (primary N) is 1. The predicted octanol–water partition coefficient (Wildman–Crippen LogP) is 4.71. The maximum Gasteiger partial charge on any atom is 0.288 e. The molecular weight excluding hydrogens is 315 g/mol. The maximum absolute atomic E-state index is 10.7. The van der Waals surface area contributed by atoms with Gasteiger partial charge in [-0.25, -0.2) is 0 Å². The van der Waals surface area contributed by atoms with Crippen molar-refractivity contribution in [2.75, 3.05) is 0 Å². The fourth-order valence-corrected chi connectivity index (χ4v) is 2.18. The fourth-order valence-electron chi connectivity index (χ4n) is 1.71. The van der Waals surface area contributed by atoms with Crippen LogP contribution in [-0.4, -0.2) is 4.92 Å². The van der Waals surface area contributed by atoms with Gasteiger partial charge in [-0.15, -0.1) is 0 Å². The monoisotopic (exact) mass is 326 g/mol. The molecule has 0 aliphatic rings. The second-order valence-electron chi connectivity index (χ2n) is 4.45. The molecule has 110 valence electrons. The minimum Gasteiger partial charge on any atom is -0.456 e. The van der Waals surface area contributed by atoms with Crippen molar-refractivity contribution in [2.24, 2.45) is 5.73 Å². The van der Waals surface area contributed by atoms with Crippen LogP contribution in [0, 0.1) is 10.1 Å². The van der Waals surface area contributed by atoms with Crippen molar-refractivity contribution in [1.29, 1.82) is 0 Å². The lowest BCUT2D eigenvalue weighted by Crippen LogP contribution is -2.04. The first kappa shape index (κ1) is 15.6. The minimum absolute atomic E-state index is 0.000762. The standard InChI is InChI=1S/C14H12Cl2N2O3/c1-8(17)9-2-5-14(12(16)6-9)21-10-3-4-13(18(19)20)11(15)7-10/h2-8H,17H2,1H3/t8-/m1/s1. The fraction of sp³-hybridized carbons (Fsp3) is 0.143. The summed E-state index contributed by atoms with van der Waals surface area (Å²) in [6.45, 7) is 1.85. The van der Waals surface area contributed by atoms with Crippen LogP contribution in [-0.2, 0) is 0 Å². The van der Waals surface area contributed by atoms with Gasteiger partial charge < -0.3 is 10.5 Å². The Morgan fingerprint density at radius 3 is 2.43 bits per heavy atom. The summed E-state index contributed by atoms with van der Waals surface area (Å²) in [4.78, 5) is 10.1. The van der Waals surface area contributed by atoms with E-state index in [2.05, 4.69) is 0 Å². The first-order valence-electron chi connectivity index (χ1n) is 6.05. The van der Waals surface area contributed by atoms with E-state index in [1.165, 1.54) is 18.2 Å². The topological polar surface area (TPSA) is 78.4 Å². The van der Waals surface area contributed by atoms with Crippen molar-refractivity contribution in [3.05, 3.63) is 62.1 Å². The number of hydrogen-bond acceptors (Lipinski definition) is 4. The highest BCUT2D eigenvalue weighted by molar-refractivity contribution is 6.33. The average molecular weight is 327 g/mol. The molecule has 0 heterocycles. The average Bonchev–Trinajstić information content (AvgIpc) is 2.40. The van der Waals surface area contributed by atoms with Crippen LogP contribution in [0.4, 0.5) is 5.69 Å². The summed E-state index contributed by atoms with van der Waals surface area (Å²) in [5, 5.41) is 11.1. The number of rotatable bonds is 4. The summed E-state index contributed by atoms with van der Waals surface area (Å²) < 4.78 is 5.58. The Morgan fingerprint density at radius 1 is 1.19 bits per heavy atom. The van der Waals surface area contributed by atoms with E-state index in [-0.39, 0.29) is 16.8 Å². The number of ether oxygens (including phenoxy) is 1. The van der Waals surface area contributed by atoms with Crippen molar-refractivity contribution in [2.45, 2.75) is 13.0 Å². The number of hydrogen-bond donors (Lipinski definition) is 1.